The van der Waals surface area contributed by atoms with E-state index >= 15 is 0 Å². The first kappa shape index (κ1) is 15.0. The molecule has 0 atom stereocenters. The number of unbranched alkanes of at least 4 members (excludes halogenated alkanes) is 1. The minimum Gasteiger partial charge on any atom is -0.454 e. The van der Waals surface area contributed by atoms with Gasteiger partial charge in [0.1, 0.15) is 5.82 Å². The van der Waals surface area contributed by atoms with Crippen molar-refractivity contribution in [2.24, 2.45) is 5.73 Å². The van der Waals surface area contributed by atoms with Crippen molar-refractivity contribution < 1.29 is 9.47 Å². The fraction of sp³-hybridized carbons (Fsp3) is 0.316. The van der Waals surface area contributed by atoms with Gasteiger partial charge >= 0.3 is 0 Å². The molecule has 4 rings (SSSR count). The number of nitrogens with two attached hydrogens (primary N) is 1. The van der Waals surface area contributed by atoms with Crippen molar-refractivity contribution in [1.29, 1.82) is 0 Å². The van der Waals surface area contributed by atoms with Gasteiger partial charge in [0.15, 0.2) is 11.5 Å². The summed E-state index contributed by atoms with van der Waals surface area (Å²) in [6.45, 7) is 3.99. The van der Waals surface area contributed by atoms with Crippen LogP contribution in [0.2, 0.25) is 0 Å². The normalized spacial score (nSPS) is 12.9. The SMILES string of the molecule is Cc1ccccc1-c1nc2cc3c(cc2n1CCCCN)OCO3. The first-order valence-electron chi connectivity index (χ1n) is 8.34. The van der Waals surface area contributed by atoms with E-state index in [9.17, 15) is 0 Å². The number of fused-ring (bicyclic) bond motifs is 2. The third-order valence-corrected chi connectivity index (χ3v) is 4.46. The lowest BCUT2D eigenvalue weighted by Gasteiger charge is -2.11. The van der Waals surface area contributed by atoms with Crippen LogP contribution in [-0.4, -0.2) is 22.9 Å². The molecule has 5 nitrogen and oxygen atoms in total. The van der Waals surface area contributed by atoms with Crippen molar-refractivity contribution in [3.05, 3.63) is 42.0 Å². The maximum absolute atomic E-state index is 5.67. The lowest BCUT2D eigenvalue weighted by molar-refractivity contribution is 0.174. The molecule has 0 aliphatic carbocycles. The van der Waals surface area contributed by atoms with E-state index in [2.05, 4.69) is 35.8 Å². The smallest absolute Gasteiger partial charge is 0.231 e. The lowest BCUT2D eigenvalue weighted by Crippen LogP contribution is -2.05. The molecule has 0 bridgehead atoms. The zero-order valence-corrected chi connectivity index (χ0v) is 13.8. The maximum atomic E-state index is 5.67. The van der Waals surface area contributed by atoms with Gasteiger partial charge in [0.2, 0.25) is 6.79 Å². The number of rotatable bonds is 5. The van der Waals surface area contributed by atoms with E-state index in [1.165, 1.54) is 5.56 Å². The van der Waals surface area contributed by atoms with Crippen LogP contribution in [-0.2, 0) is 6.54 Å². The van der Waals surface area contributed by atoms with E-state index in [1.807, 2.05) is 12.1 Å². The van der Waals surface area contributed by atoms with Gasteiger partial charge in [-0.1, -0.05) is 24.3 Å². The van der Waals surface area contributed by atoms with E-state index < -0.39 is 0 Å². The van der Waals surface area contributed by atoms with E-state index in [0.717, 1.165) is 53.3 Å². The molecule has 0 fully saturated rings. The van der Waals surface area contributed by atoms with Crippen LogP contribution in [0.5, 0.6) is 11.5 Å². The molecule has 1 aromatic heterocycles. The number of benzene rings is 2. The molecule has 3 aromatic rings. The van der Waals surface area contributed by atoms with Gasteiger partial charge in [0, 0.05) is 24.2 Å². The summed E-state index contributed by atoms with van der Waals surface area (Å²) in [4.78, 5) is 4.90. The Hall–Kier alpha value is -2.53. The monoisotopic (exact) mass is 323 g/mol. The van der Waals surface area contributed by atoms with E-state index in [-0.39, 0.29) is 6.79 Å². The summed E-state index contributed by atoms with van der Waals surface area (Å²) >= 11 is 0. The van der Waals surface area contributed by atoms with Crippen LogP contribution < -0.4 is 15.2 Å². The number of nitrogens with zero attached hydrogens (tertiary/aromatic N) is 2. The highest BCUT2D eigenvalue weighted by Crippen LogP contribution is 2.38. The molecule has 2 heterocycles. The van der Waals surface area contributed by atoms with Gasteiger partial charge in [-0.05, 0) is 31.9 Å². The molecule has 0 amide bonds. The summed E-state index contributed by atoms with van der Waals surface area (Å²) in [6, 6.07) is 12.4. The lowest BCUT2D eigenvalue weighted by atomic mass is 10.1. The van der Waals surface area contributed by atoms with Crippen molar-refractivity contribution in [3.63, 3.8) is 0 Å². The predicted octanol–water partition coefficient (Wildman–Crippen LogP) is 3.48. The van der Waals surface area contributed by atoms with Crippen LogP contribution in [0.3, 0.4) is 0 Å². The molecule has 0 radical (unpaired) electrons. The minimum absolute atomic E-state index is 0.278. The number of hydrogen-bond acceptors (Lipinski definition) is 4. The average Bonchev–Trinajstić information content (AvgIpc) is 3.17. The number of aromatic nitrogens is 2. The van der Waals surface area contributed by atoms with Crippen LogP contribution in [0.4, 0.5) is 0 Å². The first-order chi connectivity index (χ1) is 11.8. The molecular weight excluding hydrogens is 302 g/mol. The Bertz CT molecular complexity index is 886. The number of hydrogen-bond donors (Lipinski definition) is 1. The van der Waals surface area contributed by atoms with Gasteiger partial charge < -0.3 is 19.8 Å². The molecule has 1 aliphatic rings. The van der Waals surface area contributed by atoms with Crippen LogP contribution in [0.15, 0.2) is 36.4 Å². The van der Waals surface area contributed by atoms with Crippen LogP contribution in [0.1, 0.15) is 18.4 Å². The second kappa shape index (κ2) is 6.17. The second-order valence-electron chi connectivity index (χ2n) is 6.09. The molecule has 0 spiro atoms. The third kappa shape index (κ3) is 2.51. The van der Waals surface area contributed by atoms with Crippen LogP contribution in [0.25, 0.3) is 22.4 Å². The van der Waals surface area contributed by atoms with Crippen molar-refractivity contribution in [2.45, 2.75) is 26.3 Å². The summed E-state index contributed by atoms with van der Waals surface area (Å²) in [6.07, 6.45) is 2.02. The van der Waals surface area contributed by atoms with Gasteiger partial charge in [-0.25, -0.2) is 4.98 Å². The van der Waals surface area contributed by atoms with E-state index in [1.54, 1.807) is 0 Å². The number of aryl methyl sites for hydroxylation is 2. The Balaban J connectivity index is 1.88. The molecule has 2 aromatic carbocycles. The molecule has 0 saturated carbocycles. The summed E-state index contributed by atoms with van der Waals surface area (Å²) in [5.74, 6) is 2.55. The summed E-state index contributed by atoms with van der Waals surface area (Å²) < 4.78 is 13.3. The maximum Gasteiger partial charge on any atom is 0.231 e. The van der Waals surface area contributed by atoms with Gasteiger partial charge in [-0.3, -0.25) is 0 Å². The van der Waals surface area contributed by atoms with Gasteiger partial charge in [-0.2, -0.15) is 0 Å². The van der Waals surface area contributed by atoms with Crippen LogP contribution in [0, 0.1) is 6.92 Å². The molecule has 1 aliphatic heterocycles. The molecule has 124 valence electrons. The van der Waals surface area contributed by atoms with Crippen LogP contribution >= 0.6 is 0 Å². The first-order valence-corrected chi connectivity index (χ1v) is 8.34. The fourth-order valence-electron chi connectivity index (χ4n) is 3.18. The number of imidazole rings is 1. The zero-order chi connectivity index (χ0) is 16.5. The molecule has 0 saturated heterocycles. The Kier molecular flexibility index (Phi) is 3.86. The predicted molar refractivity (Wildman–Crippen MR) is 94.3 cm³/mol. The molecule has 24 heavy (non-hydrogen) atoms. The highest BCUT2D eigenvalue weighted by molar-refractivity contribution is 5.84. The van der Waals surface area contributed by atoms with Gasteiger partial charge in [-0.15, -0.1) is 0 Å². The van der Waals surface area contributed by atoms with E-state index in [0.29, 0.717) is 6.54 Å². The van der Waals surface area contributed by atoms with Crippen molar-refractivity contribution in [1.82, 2.24) is 9.55 Å². The Morgan fingerprint density at radius 1 is 1.12 bits per heavy atom. The van der Waals surface area contributed by atoms with Gasteiger partial charge in [0.05, 0.1) is 11.0 Å². The average molecular weight is 323 g/mol. The highest BCUT2D eigenvalue weighted by Gasteiger charge is 2.20. The quantitative estimate of drug-likeness (QED) is 0.730. The largest absolute Gasteiger partial charge is 0.454 e. The Morgan fingerprint density at radius 3 is 2.71 bits per heavy atom. The fourth-order valence-corrected chi connectivity index (χ4v) is 3.18. The summed E-state index contributed by atoms with van der Waals surface area (Å²) in [7, 11) is 0. The Labute approximate surface area is 141 Å². The minimum atomic E-state index is 0.278. The molecular formula is C19H21N3O2. The van der Waals surface area contributed by atoms with Crippen molar-refractivity contribution >= 4 is 11.0 Å². The summed E-state index contributed by atoms with van der Waals surface area (Å²) in [5.41, 5.74) is 10.1. The topological polar surface area (TPSA) is 62.3 Å². The van der Waals surface area contributed by atoms with E-state index in [4.69, 9.17) is 20.2 Å². The third-order valence-electron chi connectivity index (χ3n) is 4.46. The summed E-state index contributed by atoms with van der Waals surface area (Å²) in [5, 5.41) is 0. The van der Waals surface area contributed by atoms with Gasteiger partial charge in [0.25, 0.3) is 0 Å². The molecule has 5 heteroatoms. The Morgan fingerprint density at radius 2 is 1.92 bits per heavy atom. The van der Waals surface area contributed by atoms with Crippen molar-refractivity contribution in [2.75, 3.05) is 13.3 Å². The highest BCUT2D eigenvalue weighted by atomic mass is 16.7. The molecule has 0 unspecified atom stereocenters. The standard InChI is InChI=1S/C19H21N3O2/c1-13-6-2-3-7-14(13)19-21-15-10-17-18(24-12-23-17)11-16(15)22(19)9-5-4-8-20/h2-3,6-7,10-11H,4-5,8-9,12,20H2,1H3. The zero-order valence-electron chi connectivity index (χ0n) is 13.8. The second-order valence-corrected chi connectivity index (χ2v) is 6.09. The number of ether oxygens (including phenoxy) is 2. The van der Waals surface area contributed by atoms with Crippen molar-refractivity contribution in [3.8, 4) is 22.9 Å². The molecule has 2 N–H and O–H groups in total.